The first-order valence-corrected chi connectivity index (χ1v) is 10.8. The maximum Gasteiger partial charge on any atom is 0.227 e. The Balaban J connectivity index is 1.43. The number of nitrogens with zero attached hydrogens (tertiary/aromatic N) is 7. The normalized spacial score (nSPS) is 20.5. The zero-order chi connectivity index (χ0) is 22.2. The molecule has 164 valence electrons. The van der Waals surface area contributed by atoms with E-state index in [0.717, 1.165) is 41.4 Å². The van der Waals surface area contributed by atoms with Crippen molar-refractivity contribution >= 4 is 17.4 Å². The Bertz CT molecular complexity index is 1150. The molecule has 2 aliphatic heterocycles. The molecule has 32 heavy (non-hydrogen) atoms. The summed E-state index contributed by atoms with van der Waals surface area (Å²) in [7, 11) is 0. The number of anilines is 2. The summed E-state index contributed by atoms with van der Waals surface area (Å²) in [6.45, 7) is 5.37. The number of pyridine rings is 1. The van der Waals surface area contributed by atoms with E-state index in [9.17, 15) is 9.90 Å². The van der Waals surface area contributed by atoms with Crippen LogP contribution >= 0.6 is 0 Å². The molecular weight excluding hydrogens is 406 g/mol. The van der Waals surface area contributed by atoms with Crippen molar-refractivity contribution in [1.29, 1.82) is 0 Å². The lowest BCUT2D eigenvalue weighted by Gasteiger charge is -2.36. The number of hydrogen-bond donors (Lipinski definition) is 1. The van der Waals surface area contributed by atoms with Gasteiger partial charge in [-0.15, -0.1) is 0 Å². The largest absolute Gasteiger partial charge is 0.396 e. The van der Waals surface area contributed by atoms with Crippen LogP contribution in [0.25, 0.3) is 11.6 Å². The van der Waals surface area contributed by atoms with E-state index < -0.39 is 0 Å². The summed E-state index contributed by atoms with van der Waals surface area (Å²) in [5.41, 5.74) is 3.74. The van der Waals surface area contributed by atoms with E-state index in [-0.39, 0.29) is 24.5 Å². The molecule has 1 N–H and O–H groups in total. The molecule has 1 fully saturated rings. The smallest absolute Gasteiger partial charge is 0.227 e. The lowest BCUT2D eigenvalue weighted by atomic mass is 9.99. The van der Waals surface area contributed by atoms with Gasteiger partial charge >= 0.3 is 0 Å². The molecule has 3 aromatic rings. The van der Waals surface area contributed by atoms with E-state index in [1.165, 1.54) is 0 Å². The average Bonchev–Trinajstić information content (AvgIpc) is 3.20. The molecule has 0 radical (unpaired) electrons. The first kappa shape index (κ1) is 20.4. The van der Waals surface area contributed by atoms with E-state index in [4.69, 9.17) is 9.97 Å². The van der Waals surface area contributed by atoms with Crippen molar-refractivity contribution < 1.29 is 9.90 Å². The van der Waals surface area contributed by atoms with E-state index in [1.807, 2.05) is 25.3 Å². The zero-order valence-electron chi connectivity index (χ0n) is 18.1. The number of hydrogen-bond acceptors (Lipinski definition) is 8. The number of aromatic nitrogens is 5. The van der Waals surface area contributed by atoms with E-state index in [2.05, 4.69) is 26.8 Å². The zero-order valence-corrected chi connectivity index (χ0v) is 18.1. The highest BCUT2D eigenvalue weighted by Gasteiger charge is 2.32. The second-order valence-electron chi connectivity index (χ2n) is 8.37. The number of aryl methyl sites for hydroxylation is 1. The molecule has 0 spiro atoms. The Morgan fingerprint density at radius 3 is 2.69 bits per heavy atom. The summed E-state index contributed by atoms with van der Waals surface area (Å²) in [5.74, 6) is 1.91. The predicted molar refractivity (Wildman–Crippen MR) is 119 cm³/mol. The molecular formula is C23H25N7O2. The van der Waals surface area contributed by atoms with Gasteiger partial charge in [-0.3, -0.25) is 4.79 Å². The molecule has 0 saturated carbocycles. The molecule has 5 heterocycles. The van der Waals surface area contributed by atoms with Crippen molar-refractivity contribution in [1.82, 2.24) is 24.9 Å². The number of rotatable bonds is 4. The average molecular weight is 432 g/mol. The van der Waals surface area contributed by atoms with E-state index >= 15 is 0 Å². The van der Waals surface area contributed by atoms with Gasteiger partial charge in [0.1, 0.15) is 5.82 Å². The minimum Gasteiger partial charge on any atom is -0.396 e. The minimum atomic E-state index is -0.0138. The molecule has 9 nitrogen and oxygen atoms in total. The Labute approximate surface area is 186 Å². The van der Waals surface area contributed by atoms with Crippen LogP contribution in [0.3, 0.4) is 0 Å². The number of aliphatic hydroxyl groups excluding tert-OH is 1. The summed E-state index contributed by atoms with van der Waals surface area (Å²) in [6.07, 6.45) is 6.36. The summed E-state index contributed by atoms with van der Waals surface area (Å²) in [6, 6.07) is 5.70. The van der Waals surface area contributed by atoms with Crippen LogP contribution in [0, 0.1) is 12.8 Å². The van der Waals surface area contributed by atoms with E-state index in [0.29, 0.717) is 24.6 Å². The fourth-order valence-electron chi connectivity index (χ4n) is 4.49. The third-order valence-corrected chi connectivity index (χ3v) is 6.17. The van der Waals surface area contributed by atoms with Gasteiger partial charge < -0.3 is 14.9 Å². The fourth-order valence-corrected chi connectivity index (χ4v) is 4.49. The topological polar surface area (TPSA) is 108 Å². The molecule has 2 aliphatic rings. The maximum atomic E-state index is 12.5. The Morgan fingerprint density at radius 2 is 1.94 bits per heavy atom. The second kappa shape index (κ2) is 8.23. The van der Waals surface area contributed by atoms with Crippen molar-refractivity contribution in [2.45, 2.75) is 32.7 Å². The number of aliphatic hydroxyl groups is 1. The number of carbonyl (C=O) groups excluding carboxylic acids is 1. The van der Waals surface area contributed by atoms with Crippen molar-refractivity contribution in [3.05, 3.63) is 53.7 Å². The summed E-state index contributed by atoms with van der Waals surface area (Å²) >= 11 is 0. The molecule has 1 saturated heterocycles. The van der Waals surface area contributed by atoms with E-state index in [1.54, 1.807) is 23.4 Å². The number of carbonyl (C=O) groups is 1. The standard InChI is InChI=1S/C23H25N7O2/c1-14-8-17(30-12-16(13-31)9-21(30)32)10-20(27-14)29-7-4-19-18(15(29)2)11-26-23(28-19)22-24-5-3-6-25-22/h3,5-6,8,10-11,15-16,31H,4,7,9,12-13H2,1-2H3. The Hall–Kier alpha value is -3.46. The lowest BCUT2D eigenvalue weighted by molar-refractivity contribution is -0.117. The summed E-state index contributed by atoms with van der Waals surface area (Å²) in [4.78, 5) is 39.0. The van der Waals surface area contributed by atoms with Gasteiger partial charge in [-0.25, -0.2) is 24.9 Å². The third-order valence-electron chi connectivity index (χ3n) is 6.17. The molecule has 1 amide bonds. The van der Waals surface area contributed by atoms with Crippen LogP contribution in [0.5, 0.6) is 0 Å². The van der Waals surface area contributed by atoms with Crippen molar-refractivity contribution in [2.24, 2.45) is 5.92 Å². The van der Waals surface area contributed by atoms with Crippen LogP contribution in [-0.2, 0) is 11.2 Å². The van der Waals surface area contributed by atoms with Gasteiger partial charge in [-0.2, -0.15) is 0 Å². The third kappa shape index (κ3) is 3.69. The minimum absolute atomic E-state index is 0.0138. The van der Waals surface area contributed by atoms with Gasteiger partial charge in [0, 0.05) is 80.1 Å². The van der Waals surface area contributed by atoms with Gasteiger partial charge in [0.05, 0.1) is 11.7 Å². The predicted octanol–water partition coefficient (Wildman–Crippen LogP) is 2.11. The van der Waals surface area contributed by atoms with Gasteiger partial charge in [0.25, 0.3) is 0 Å². The van der Waals surface area contributed by atoms with Crippen molar-refractivity contribution in [2.75, 3.05) is 29.5 Å². The molecule has 0 aliphatic carbocycles. The van der Waals surface area contributed by atoms with Gasteiger partial charge in [-0.1, -0.05) is 0 Å². The highest BCUT2D eigenvalue weighted by Crippen LogP contribution is 2.35. The van der Waals surface area contributed by atoms with Crippen LogP contribution in [0.2, 0.25) is 0 Å². The van der Waals surface area contributed by atoms with Gasteiger partial charge in [0.15, 0.2) is 11.6 Å². The van der Waals surface area contributed by atoms with Crippen LogP contribution in [0.15, 0.2) is 36.8 Å². The molecule has 9 heteroatoms. The molecule has 0 bridgehead atoms. The van der Waals surface area contributed by atoms with Gasteiger partial charge in [-0.05, 0) is 26.0 Å². The number of amides is 1. The lowest BCUT2D eigenvalue weighted by Crippen LogP contribution is -2.35. The van der Waals surface area contributed by atoms with Crippen molar-refractivity contribution in [3.63, 3.8) is 0 Å². The summed E-state index contributed by atoms with van der Waals surface area (Å²) in [5, 5.41) is 9.46. The van der Waals surface area contributed by atoms with Crippen LogP contribution in [0.4, 0.5) is 11.5 Å². The summed E-state index contributed by atoms with van der Waals surface area (Å²) < 4.78 is 0. The monoisotopic (exact) mass is 431 g/mol. The van der Waals surface area contributed by atoms with Crippen LogP contribution in [-0.4, -0.2) is 55.6 Å². The highest BCUT2D eigenvalue weighted by atomic mass is 16.3. The number of fused-ring (bicyclic) bond motifs is 1. The molecule has 2 unspecified atom stereocenters. The first-order valence-electron chi connectivity index (χ1n) is 10.8. The first-order chi connectivity index (χ1) is 15.5. The second-order valence-corrected chi connectivity index (χ2v) is 8.37. The van der Waals surface area contributed by atoms with Crippen LogP contribution in [0.1, 0.15) is 36.3 Å². The Morgan fingerprint density at radius 1 is 1.12 bits per heavy atom. The quantitative estimate of drug-likeness (QED) is 0.669. The highest BCUT2D eigenvalue weighted by molar-refractivity contribution is 5.96. The maximum absolute atomic E-state index is 12.5. The van der Waals surface area contributed by atoms with Crippen LogP contribution < -0.4 is 9.80 Å². The fraction of sp³-hybridized carbons (Fsp3) is 0.391. The molecule has 5 rings (SSSR count). The molecule has 3 aromatic heterocycles. The SMILES string of the molecule is Cc1cc(N2CC(CO)CC2=O)cc(N2CCc3nc(-c4ncccn4)ncc3C2C)n1. The molecule has 2 atom stereocenters. The van der Waals surface area contributed by atoms with Crippen molar-refractivity contribution in [3.8, 4) is 11.6 Å². The molecule has 0 aromatic carbocycles. The van der Waals surface area contributed by atoms with Gasteiger partial charge in [0.2, 0.25) is 5.91 Å². The Kier molecular flexibility index (Phi) is 5.26.